The molecule has 0 aliphatic carbocycles. The number of likely N-dealkylation sites (N-methyl/N-ethyl adjacent to an activating group) is 1. The maximum absolute atomic E-state index is 12.8. The van der Waals surface area contributed by atoms with Crippen LogP contribution in [0.15, 0.2) is 30.3 Å². The van der Waals surface area contributed by atoms with Crippen LogP contribution in [0.5, 0.6) is 0 Å². The van der Waals surface area contributed by atoms with E-state index in [0.29, 0.717) is 32.5 Å². The molecule has 1 aromatic carbocycles. The van der Waals surface area contributed by atoms with E-state index in [1.54, 1.807) is 9.80 Å². The summed E-state index contributed by atoms with van der Waals surface area (Å²) < 4.78 is 5.72. The van der Waals surface area contributed by atoms with Crippen molar-refractivity contribution in [1.82, 2.24) is 4.90 Å². The van der Waals surface area contributed by atoms with E-state index in [1.165, 1.54) is 0 Å². The van der Waals surface area contributed by atoms with Crippen LogP contribution in [0, 0.1) is 0 Å². The zero-order valence-corrected chi connectivity index (χ0v) is 15.3. The Bertz CT molecular complexity index is 598. The number of halogens is 1. The second-order valence-electron chi connectivity index (χ2n) is 6.31. The molecule has 3 atom stereocenters. The van der Waals surface area contributed by atoms with Gasteiger partial charge < -0.3 is 20.3 Å². The average Bonchev–Trinajstić information content (AvgIpc) is 3.24. The number of anilines is 1. The van der Waals surface area contributed by atoms with E-state index in [0.717, 1.165) is 12.1 Å². The molecule has 2 saturated heterocycles. The molecule has 1 unspecified atom stereocenters. The normalized spacial score (nSPS) is 25.8. The molecule has 2 fully saturated rings. The van der Waals surface area contributed by atoms with Crippen LogP contribution >= 0.6 is 12.4 Å². The van der Waals surface area contributed by atoms with Gasteiger partial charge in [0, 0.05) is 25.3 Å². The molecule has 1 aromatic rings. The zero-order valence-electron chi connectivity index (χ0n) is 14.5. The van der Waals surface area contributed by atoms with Gasteiger partial charge in [-0.2, -0.15) is 0 Å². The summed E-state index contributed by atoms with van der Waals surface area (Å²) in [4.78, 5) is 29.1. The molecule has 25 heavy (non-hydrogen) atoms. The monoisotopic (exact) mass is 367 g/mol. The van der Waals surface area contributed by atoms with Crippen LogP contribution in [0.4, 0.5) is 5.69 Å². The number of rotatable bonds is 5. The number of hydrogen-bond acceptors (Lipinski definition) is 4. The molecule has 0 radical (unpaired) electrons. The molecule has 0 spiro atoms. The molecule has 6 nitrogen and oxygen atoms in total. The summed E-state index contributed by atoms with van der Waals surface area (Å²) in [7, 11) is 0. The summed E-state index contributed by atoms with van der Waals surface area (Å²) in [5.74, 6) is -0.0912. The van der Waals surface area contributed by atoms with E-state index in [2.05, 4.69) is 0 Å². The van der Waals surface area contributed by atoms with Crippen LogP contribution < -0.4 is 10.6 Å². The van der Waals surface area contributed by atoms with Gasteiger partial charge in [0.2, 0.25) is 5.91 Å². The van der Waals surface area contributed by atoms with E-state index in [9.17, 15) is 9.59 Å². The fourth-order valence-corrected chi connectivity index (χ4v) is 3.59. The SMILES string of the molecule is CCN(C(=O)[C@@H]1CC[C@H](CN)O1)C1CCN(c2ccccc2)C1=O.Cl. The highest BCUT2D eigenvalue weighted by Crippen LogP contribution is 2.27. The van der Waals surface area contributed by atoms with Crippen molar-refractivity contribution in [2.75, 3.05) is 24.5 Å². The number of carbonyl (C=O) groups excluding carboxylic acids is 2. The summed E-state index contributed by atoms with van der Waals surface area (Å²) in [6.45, 7) is 3.48. The van der Waals surface area contributed by atoms with Crippen molar-refractivity contribution in [3.63, 3.8) is 0 Å². The molecule has 7 heteroatoms. The van der Waals surface area contributed by atoms with Crippen molar-refractivity contribution in [2.45, 2.75) is 44.4 Å². The predicted octanol–water partition coefficient (Wildman–Crippen LogP) is 1.57. The van der Waals surface area contributed by atoms with Crippen LogP contribution in [0.25, 0.3) is 0 Å². The Morgan fingerprint density at radius 1 is 1.28 bits per heavy atom. The standard InChI is InChI=1S/C18H25N3O3.ClH/c1-2-20(18(23)16-9-8-14(12-19)24-16)15-10-11-21(17(15)22)13-6-4-3-5-7-13;/h3-7,14-16H,2,8-12,19H2,1H3;1H/t14-,15?,16+;/m1./s1. The van der Waals surface area contributed by atoms with Gasteiger partial charge in [-0.1, -0.05) is 18.2 Å². The quantitative estimate of drug-likeness (QED) is 0.857. The Kier molecular flexibility index (Phi) is 6.81. The van der Waals surface area contributed by atoms with Crippen LogP contribution in [0.1, 0.15) is 26.2 Å². The molecule has 2 heterocycles. The lowest BCUT2D eigenvalue weighted by Gasteiger charge is -2.29. The number of hydrogen-bond donors (Lipinski definition) is 1. The van der Waals surface area contributed by atoms with E-state index in [-0.39, 0.29) is 30.3 Å². The third-order valence-corrected chi connectivity index (χ3v) is 4.89. The van der Waals surface area contributed by atoms with Crippen molar-refractivity contribution in [1.29, 1.82) is 0 Å². The smallest absolute Gasteiger partial charge is 0.252 e. The third-order valence-electron chi connectivity index (χ3n) is 4.89. The summed E-state index contributed by atoms with van der Waals surface area (Å²) in [5, 5.41) is 0. The molecule has 2 N–H and O–H groups in total. The second-order valence-corrected chi connectivity index (χ2v) is 6.31. The first-order valence-electron chi connectivity index (χ1n) is 8.68. The van der Waals surface area contributed by atoms with Crippen LogP contribution in [0.2, 0.25) is 0 Å². The highest BCUT2D eigenvalue weighted by molar-refractivity contribution is 6.01. The fraction of sp³-hybridized carbons (Fsp3) is 0.556. The minimum Gasteiger partial charge on any atom is -0.364 e. The first-order chi connectivity index (χ1) is 11.7. The van der Waals surface area contributed by atoms with E-state index in [4.69, 9.17) is 10.5 Å². The molecule has 0 aromatic heterocycles. The Balaban J connectivity index is 0.00000225. The number of benzene rings is 1. The average molecular weight is 368 g/mol. The maximum Gasteiger partial charge on any atom is 0.252 e. The Morgan fingerprint density at radius 3 is 2.60 bits per heavy atom. The summed E-state index contributed by atoms with van der Waals surface area (Å²) in [5.41, 5.74) is 6.50. The topological polar surface area (TPSA) is 75.9 Å². The van der Waals surface area contributed by atoms with Gasteiger partial charge in [-0.25, -0.2) is 0 Å². The summed E-state index contributed by atoms with van der Waals surface area (Å²) in [6.07, 6.45) is 1.63. The zero-order chi connectivity index (χ0) is 17.1. The number of amides is 2. The number of ether oxygens (including phenoxy) is 1. The van der Waals surface area contributed by atoms with Gasteiger partial charge in [0.15, 0.2) is 0 Å². The van der Waals surface area contributed by atoms with Gasteiger partial charge in [0.05, 0.1) is 6.10 Å². The Labute approximate surface area is 154 Å². The van der Waals surface area contributed by atoms with Crippen LogP contribution in [-0.4, -0.2) is 54.6 Å². The number of nitrogens with two attached hydrogens (primary N) is 1. The van der Waals surface area contributed by atoms with Crippen molar-refractivity contribution < 1.29 is 14.3 Å². The highest BCUT2D eigenvalue weighted by atomic mass is 35.5. The molecule has 0 saturated carbocycles. The minimum atomic E-state index is -0.461. The first kappa shape index (κ1) is 19.7. The molecule has 2 amide bonds. The number of carbonyl (C=O) groups is 2. The Morgan fingerprint density at radius 2 is 2.00 bits per heavy atom. The predicted molar refractivity (Wildman–Crippen MR) is 98.8 cm³/mol. The van der Waals surface area contributed by atoms with E-state index in [1.807, 2.05) is 37.3 Å². The second kappa shape index (κ2) is 8.65. The van der Waals surface area contributed by atoms with E-state index < -0.39 is 12.1 Å². The van der Waals surface area contributed by atoms with Crippen molar-refractivity contribution in [3.05, 3.63) is 30.3 Å². The van der Waals surface area contributed by atoms with Gasteiger partial charge in [0.25, 0.3) is 5.91 Å². The van der Waals surface area contributed by atoms with Gasteiger partial charge in [-0.3, -0.25) is 9.59 Å². The number of para-hydroxylation sites is 1. The van der Waals surface area contributed by atoms with Gasteiger partial charge in [-0.15, -0.1) is 12.4 Å². The third kappa shape index (κ3) is 3.97. The lowest BCUT2D eigenvalue weighted by atomic mass is 10.1. The summed E-state index contributed by atoms with van der Waals surface area (Å²) >= 11 is 0. The van der Waals surface area contributed by atoms with Gasteiger partial charge >= 0.3 is 0 Å². The minimum absolute atomic E-state index is 0. The summed E-state index contributed by atoms with van der Waals surface area (Å²) in [6, 6.07) is 9.20. The molecule has 2 aliphatic heterocycles. The van der Waals surface area contributed by atoms with Crippen molar-refractivity contribution in [2.24, 2.45) is 5.73 Å². The molecule has 0 bridgehead atoms. The van der Waals surface area contributed by atoms with Crippen LogP contribution in [-0.2, 0) is 14.3 Å². The van der Waals surface area contributed by atoms with Gasteiger partial charge in [-0.05, 0) is 38.3 Å². The van der Waals surface area contributed by atoms with Crippen molar-refractivity contribution >= 4 is 29.9 Å². The first-order valence-corrected chi connectivity index (χ1v) is 8.68. The number of nitrogens with zero attached hydrogens (tertiary/aromatic N) is 2. The largest absolute Gasteiger partial charge is 0.364 e. The molecule has 138 valence electrons. The Hall–Kier alpha value is -1.63. The maximum atomic E-state index is 12.8. The molecular formula is C18H26ClN3O3. The van der Waals surface area contributed by atoms with Crippen LogP contribution in [0.3, 0.4) is 0 Å². The molecule has 3 rings (SSSR count). The fourth-order valence-electron chi connectivity index (χ4n) is 3.59. The van der Waals surface area contributed by atoms with Crippen molar-refractivity contribution in [3.8, 4) is 0 Å². The molecule has 2 aliphatic rings. The van der Waals surface area contributed by atoms with Gasteiger partial charge in [0.1, 0.15) is 12.1 Å². The molecular weight excluding hydrogens is 342 g/mol. The van der Waals surface area contributed by atoms with E-state index >= 15 is 0 Å². The highest BCUT2D eigenvalue weighted by Gasteiger charge is 2.41. The lowest BCUT2D eigenvalue weighted by molar-refractivity contribution is -0.147. The lowest BCUT2D eigenvalue weighted by Crippen LogP contribution is -2.49.